The molecule has 0 N–H and O–H groups in total. The van der Waals surface area contributed by atoms with Crippen LogP contribution < -0.4 is 23.6 Å². The van der Waals surface area contributed by atoms with Crippen LogP contribution in [0.3, 0.4) is 0 Å². The van der Waals surface area contributed by atoms with Gasteiger partial charge in [0.2, 0.25) is 0 Å². The van der Waals surface area contributed by atoms with Crippen molar-refractivity contribution in [2.24, 2.45) is 0 Å². The van der Waals surface area contributed by atoms with E-state index >= 15 is 0 Å². The van der Waals surface area contributed by atoms with Gasteiger partial charge in [-0.15, -0.1) is 0 Å². The Morgan fingerprint density at radius 3 is 2.78 bits per heavy atom. The van der Waals surface area contributed by atoms with E-state index in [4.69, 9.17) is 4.74 Å². The van der Waals surface area contributed by atoms with Gasteiger partial charge in [0.15, 0.2) is 0 Å². The molecule has 9 heavy (non-hydrogen) atoms. The standard InChI is InChI=1S/C6H6NO.Li/c1-8-6-4-2-3-5-7-6;/h2-3,5H,1H3;/q-1;+1. The molecule has 0 aliphatic heterocycles. The normalized spacial score (nSPS) is 7.67. The summed E-state index contributed by atoms with van der Waals surface area (Å²) in [5.74, 6) is 0.535. The first-order valence-corrected chi connectivity index (χ1v) is 2.30. The molecule has 0 spiro atoms. The molecule has 0 saturated heterocycles. The fourth-order valence-electron chi connectivity index (χ4n) is 0.422. The molecule has 1 rings (SSSR count). The summed E-state index contributed by atoms with van der Waals surface area (Å²) >= 11 is 0. The van der Waals surface area contributed by atoms with E-state index < -0.39 is 0 Å². The Balaban J connectivity index is 0.000000640. The molecule has 0 aliphatic rings. The number of hydrogen-bond acceptors (Lipinski definition) is 2. The maximum Gasteiger partial charge on any atom is 1.00 e. The molecule has 1 heterocycles. The van der Waals surface area contributed by atoms with Gasteiger partial charge in [0.05, 0.1) is 7.11 Å². The molecule has 3 heteroatoms. The van der Waals surface area contributed by atoms with Crippen LogP contribution in [0.5, 0.6) is 5.88 Å². The van der Waals surface area contributed by atoms with Gasteiger partial charge in [0.25, 0.3) is 0 Å². The van der Waals surface area contributed by atoms with E-state index in [9.17, 15) is 0 Å². The van der Waals surface area contributed by atoms with E-state index in [-0.39, 0.29) is 18.9 Å². The zero-order valence-electron chi connectivity index (χ0n) is 5.59. The number of ether oxygens (including phenoxy) is 1. The van der Waals surface area contributed by atoms with Crippen molar-refractivity contribution < 1.29 is 23.6 Å². The second-order valence-electron chi connectivity index (χ2n) is 1.29. The predicted octanol–water partition coefficient (Wildman–Crippen LogP) is -2.11. The fraction of sp³-hybridized carbons (Fsp3) is 0.167. The Morgan fingerprint density at radius 1 is 1.67 bits per heavy atom. The van der Waals surface area contributed by atoms with Gasteiger partial charge >= 0.3 is 18.9 Å². The van der Waals surface area contributed by atoms with Crippen LogP contribution in [0.4, 0.5) is 0 Å². The van der Waals surface area contributed by atoms with Crippen LogP contribution in [0.1, 0.15) is 0 Å². The molecule has 0 saturated carbocycles. The van der Waals surface area contributed by atoms with Gasteiger partial charge in [-0.2, -0.15) is 12.1 Å². The summed E-state index contributed by atoms with van der Waals surface area (Å²) < 4.78 is 4.75. The second kappa shape index (κ2) is 4.43. The number of methoxy groups -OCH3 is 1. The minimum Gasteiger partial charge on any atom is -0.497 e. The number of aromatic nitrogens is 1. The minimum absolute atomic E-state index is 0. The van der Waals surface area contributed by atoms with E-state index in [1.165, 1.54) is 0 Å². The molecule has 0 aliphatic carbocycles. The number of pyridine rings is 1. The molecular weight excluding hydrogens is 109 g/mol. The summed E-state index contributed by atoms with van der Waals surface area (Å²) in [5, 5.41) is 0. The average molecular weight is 115 g/mol. The molecule has 2 nitrogen and oxygen atoms in total. The third kappa shape index (κ3) is 2.55. The predicted molar refractivity (Wildman–Crippen MR) is 29.6 cm³/mol. The largest absolute Gasteiger partial charge is 1.00 e. The molecule has 0 fully saturated rings. The van der Waals surface area contributed by atoms with E-state index in [0.717, 1.165) is 0 Å². The van der Waals surface area contributed by atoms with Crippen molar-refractivity contribution in [1.29, 1.82) is 0 Å². The van der Waals surface area contributed by atoms with Gasteiger partial charge in [-0.3, -0.25) is 4.98 Å². The monoisotopic (exact) mass is 115 g/mol. The average Bonchev–Trinajstić information content (AvgIpc) is 1.90. The van der Waals surface area contributed by atoms with Crippen LogP contribution in [0, 0.1) is 6.07 Å². The molecule has 0 unspecified atom stereocenters. The Hall–Kier alpha value is -0.453. The minimum atomic E-state index is 0. The van der Waals surface area contributed by atoms with Crippen LogP contribution in [0.2, 0.25) is 0 Å². The third-order valence-corrected chi connectivity index (χ3v) is 0.774. The maximum absolute atomic E-state index is 4.75. The molecule has 0 atom stereocenters. The van der Waals surface area contributed by atoms with E-state index in [2.05, 4.69) is 11.1 Å². The Morgan fingerprint density at radius 2 is 2.44 bits per heavy atom. The summed E-state index contributed by atoms with van der Waals surface area (Å²) in [4.78, 5) is 3.82. The topological polar surface area (TPSA) is 22.1 Å². The van der Waals surface area contributed by atoms with Crippen molar-refractivity contribution in [2.75, 3.05) is 7.11 Å². The van der Waals surface area contributed by atoms with Crippen LogP contribution in [0.15, 0.2) is 18.3 Å². The molecule has 0 aromatic carbocycles. The Kier molecular flexibility index (Phi) is 4.21. The first-order chi connectivity index (χ1) is 3.93. The van der Waals surface area contributed by atoms with E-state index in [1.807, 2.05) is 0 Å². The van der Waals surface area contributed by atoms with Crippen molar-refractivity contribution in [2.45, 2.75) is 0 Å². The Bertz CT molecular complexity index is 154. The van der Waals surface area contributed by atoms with Gasteiger partial charge in [0, 0.05) is 0 Å². The van der Waals surface area contributed by atoms with Crippen molar-refractivity contribution in [3.05, 3.63) is 24.4 Å². The zero-order valence-corrected chi connectivity index (χ0v) is 5.59. The maximum atomic E-state index is 4.75. The van der Waals surface area contributed by atoms with Gasteiger partial charge < -0.3 is 4.74 Å². The van der Waals surface area contributed by atoms with Crippen molar-refractivity contribution in [3.63, 3.8) is 0 Å². The summed E-state index contributed by atoms with van der Waals surface area (Å²) in [6, 6.07) is 6.33. The molecular formula is C6H6LiNO. The molecule has 0 amide bonds. The van der Waals surface area contributed by atoms with Gasteiger partial charge in [-0.25, -0.2) is 6.07 Å². The molecule has 1 aromatic heterocycles. The van der Waals surface area contributed by atoms with Crippen LogP contribution in [-0.4, -0.2) is 12.1 Å². The van der Waals surface area contributed by atoms with E-state index in [1.54, 1.807) is 25.4 Å². The van der Waals surface area contributed by atoms with Gasteiger partial charge in [-0.1, -0.05) is 6.20 Å². The number of rotatable bonds is 1. The first-order valence-electron chi connectivity index (χ1n) is 2.30. The second-order valence-corrected chi connectivity index (χ2v) is 1.29. The number of hydrogen-bond donors (Lipinski definition) is 0. The summed E-state index contributed by atoms with van der Waals surface area (Å²) in [5.41, 5.74) is 0. The Labute approximate surface area is 66.4 Å². The SMILES string of the molecule is COc1[c-]cccn1.[Li+]. The van der Waals surface area contributed by atoms with Crippen molar-refractivity contribution >= 4 is 0 Å². The van der Waals surface area contributed by atoms with Crippen molar-refractivity contribution in [1.82, 2.24) is 4.98 Å². The molecule has 0 radical (unpaired) electrons. The van der Waals surface area contributed by atoms with E-state index in [0.29, 0.717) is 5.88 Å². The quantitative estimate of drug-likeness (QED) is 0.309. The molecule has 0 bridgehead atoms. The van der Waals surface area contributed by atoms with Crippen LogP contribution >= 0.6 is 0 Å². The van der Waals surface area contributed by atoms with Crippen LogP contribution in [0.25, 0.3) is 0 Å². The van der Waals surface area contributed by atoms with Crippen LogP contribution in [-0.2, 0) is 0 Å². The van der Waals surface area contributed by atoms with Gasteiger partial charge in [-0.05, 0) is 0 Å². The van der Waals surface area contributed by atoms with Crippen molar-refractivity contribution in [3.8, 4) is 5.88 Å². The number of nitrogens with zero attached hydrogens (tertiary/aromatic N) is 1. The molecule has 1 aromatic rings. The summed E-state index contributed by atoms with van der Waals surface area (Å²) in [6.07, 6.45) is 1.66. The summed E-state index contributed by atoms with van der Waals surface area (Å²) in [6.45, 7) is 0. The smallest absolute Gasteiger partial charge is 0.497 e. The zero-order chi connectivity index (χ0) is 5.82. The fourth-order valence-corrected chi connectivity index (χ4v) is 0.422. The first kappa shape index (κ1) is 8.55. The van der Waals surface area contributed by atoms with Gasteiger partial charge in [0.1, 0.15) is 5.88 Å². The third-order valence-electron chi connectivity index (χ3n) is 0.774. The summed E-state index contributed by atoms with van der Waals surface area (Å²) in [7, 11) is 1.57. The molecule has 42 valence electrons.